The predicted molar refractivity (Wildman–Crippen MR) is 84.8 cm³/mol. The van der Waals surface area contributed by atoms with Crippen molar-refractivity contribution < 1.29 is 9.53 Å². The molecule has 0 saturated carbocycles. The first kappa shape index (κ1) is 16.9. The summed E-state index contributed by atoms with van der Waals surface area (Å²) >= 11 is 0. The summed E-state index contributed by atoms with van der Waals surface area (Å²) in [4.78, 5) is 0. The van der Waals surface area contributed by atoms with E-state index < -0.39 is 13.9 Å². The average molecular weight is 285 g/mol. The smallest absolute Gasteiger partial charge is 0.192 e. The highest BCUT2D eigenvalue weighted by Gasteiger charge is 2.45. The number of aliphatic hydroxyl groups is 1. The van der Waals surface area contributed by atoms with E-state index in [1.54, 1.807) is 0 Å². The van der Waals surface area contributed by atoms with E-state index in [4.69, 9.17) is 4.43 Å². The zero-order chi connectivity index (χ0) is 15.1. The topological polar surface area (TPSA) is 29.5 Å². The van der Waals surface area contributed by atoms with Crippen LogP contribution in [0.3, 0.4) is 0 Å². The number of hydrogen-bond donors (Lipinski definition) is 1. The maximum absolute atomic E-state index is 10.6. The van der Waals surface area contributed by atoms with E-state index in [1.165, 1.54) is 0 Å². The maximum Gasteiger partial charge on any atom is 0.192 e. The first-order valence-corrected chi connectivity index (χ1v) is 10.4. The van der Waals surface area contributed by atoms with Crippen LogP contribution < -0.4 is 0 Å². The van der Waals surface area contributed by atoms with Gasteiger partial charge in [0.2, 0.25) is 0 Å². The molecule has 0 unspecified atom stereocenters. The van der Waals surface area contributed by atoms with Gasteiger partial charge < -0.3 is 9.53 Å². The van der Waals surface area contributed by atoms with Crippen molar-refractivity contribution in [3.05, 3.63) is 12.2 Å². The van der Waals surface area contributed by atoms with Crippen LogP contribution in [0.1, 0.15) is 48.0 Å². The van der Waals surface area contributed by atoms with Crippen molar-refractivity contribution >= 4 is 8.32 Å². The molecule has 0 spiro atoms. The first-order chi connectivity index (χ1) is 8.38. The largest absolute Gasteiger partial charge is 0.413 e. The summed E-state index contributed by atoms with van der Waals surface area (Å²) < 4.78 is 6.61. The molecule has 0 bridgehead atoms. The Morgan fingerprint density at radius 1 is 1.26 bits per heavy atom. The van der Waals surface area contributed by atoms with Gasteiger partial charge in [0.25, 0.3) is 0 Å². The molecule has 0 radical (unpaired) electrons. The SMILES string of the molecule is C[C@H]1C=CC[C@](C)(O)[C@@H](C)[C@H]1O[Si](C)(C)C(C)(C)C. The van der Waals surface area contributed by atoms with Gasteiger partial charge in [0, 0.05) is 5.92 Å². The van der Waals surface area contributed by atoms with Gasteiger partial charge in [-0.05, 0) is 37.4 Å². The summed E-state index contributed by atoms with van der Waals surface area (Å²) in [6.07, 6.45) is 5.14. The fraction of sp³-hybridized carbons (Fsp3) is 0.875. The van der Waals surface area contributed by atoms with Gasteiger partial charge in [-0.15, -0.1) is 0 Å². The molecule has 1 aliphatic rings. The lowest BCUT2D eigenvalue weighted by Gasteiger charge is -2.44. The summed E-state index contributed by atoms with van der Waals surface area (Å²) in [6, 6.07) is 0. The molecule has 1 aliphatic carbocycles. The van der Waals surface area contributed by atoms with Crippen molar-refractivity contribution in [3.63, 3.8) is 0 Å². The molecule has 0 fully saturated rings. The molecule has 3 heteroatoms. The van der Waals surface area contributed by atoms with E-state index in [0.29, 0.717) is 5.92 Å². The molecule has 1 N–H and O–H groups in total. The van der Waals surface area contributed by atoms with Crippen LogP contribution in [0.5, 0.6) is 0 Å². The summed E-state index contributed by atoms with van der Waals surface area (Å²) in [5.74, 6) is 0.504. The predicted octanol–water partition coefficient (Wildman–Crippen LogP) is 4.36. The second-order valence-corrected chi connectivity index (χ2v) is 12.7. The van der Waals surface area contributed by atoms with E-state index in [1.807, 2.05) is 6.92 Å². The van der Waals surface area contributed by atoms with E-state index in [2.05, 4.69) is 59.9 Å². The first-order valence-electron chi connectivity index (χ1n) is 7.45. The molecule has 0 aliphatic heterocycles. The van der Waals surface area contributed by atoms with Crippen LogP contribution in [0.25, 0.3) is 0 Å². The fourth-order valence-electron chi connectivity index (χ4n) is 2.35. The highest BCUT2D eigenvalue weighted by Crippen LogP contribution is 2.41. The van der Waals surface area contributed by atoms with Crippen molar-refractivity contribution in [2.45, 2.75) is 77.8 Å². The van der Waals surface area contributed by atoms with Gasteiger partial charge in [-0.25, -0.2) is 0 Å². The third kappa shape index (κ3) is 3.70. The van der Waals surface area contributed by atoms with Crippen LogP contribution in [0.15, 0.2) is 12.2 Å². The maximum atomic E-state index is 10.6. The third-order valence-corrected chi connectivity index (χ3v) is 9.67. The second-order valence-electron chi connectivity index (χ2n) is 7.98. The fourth-order valence-corrected chi connectivity index (χ4v) is 3.81. The Morgan fingerprint density at radius 2 is 1.79 bits per heavy atom. The molecule has 112 valence electrons. The Labute approximate surface area is 120 Å². The normalized spacial score (nSPS) is 37.2. The molecule has 19 heavy (non-hydrogen) atoms. The van der Waals surface area contributed by atoms with Crippen LogP contribution in [-0.4, -0.2) is 25.1 Å². The van der Waals surface area contributed by atoms with Gasteiger partial charge in [-0.1, -0.05) is 46.8 Å². The molecule has 0 heterocycles. The lowest BCUT2D eigenvalue weighted by molar-refractivity contribution is -0.0503. The number of hydrogen-bond acceptors (Lipinski definition) is 2. The Kier molecular flexibility index (Phi) is 4.76. The van der Waals surface area contributed by atoms with Crippen LogP contribution in [0.2, 0.25) is 18.1 Å². The number of rotatable bonds is 2. The molecule has 0 aromatic rings. The standard InChI is InChI=1S/C16H32O2Si/c1-12-10-9-11-16(6,17)13(2)14(12)18-19(7,8)15(3,4)5/h9-10,12-14,17H,11H2,1-8H3/t12-,13-,14-,16-/m0/s1. The van der Waals surface area contributed by atoms with Crippen molar-refractivity contribution in [1.82, 2.24) is 0 Å². The molecule has 1 rings (SSSR count). The van der Waals surface area contributed by atoms with Crippen LogP contribution in [0.4, 0.5) is 0 Å². The minimum Gasteiger partial charge on any atom is -0.413 e. The van der Waals surface area contributed by atoms with Crippen molar-refractivity contribution in [3.8, 4) is 0 Å². The van der Waals surface area contributed by atoms with Crippen molar-refractivity contribution in [2.24, 2.45) is 11.8 Å². The van der Waals surface area contributed by atoms with Crippen LogP contribution >= 0.6 is 0 Å². The summed E-state index contributed by atoms with van der Waals surface area (Å²) in [5.41, 5.74) is -0.672. The Morgan fingerprint density at radius 3 is 2.26 bits per heavy atom. The van der Waals surface area contributed by atoms with Gasteiger partial charge in [0.05, 0.1) is 11.7 Å². The summed E-state index contributed by atoms with van der Waals surface area (Å²) in [7, 11) is -1.81. The molecule has 0 aromatic heterocycles. The lowest BCUT2D eigenvalue weighted by Crippen LogP contribution is -2.50. The molecule has 0 aromatic carbocycles. The van der Waals surface area contributed by atoms with Crippen molar-refractivity contribution in [1.29, 1.82) is 0 Å². The zero-order valence-corrected chi connectivity index (χ0v) is 14.9. The van der Waals surface area contributed by atoms with E-state index in [0.717, 1.165) is 6.42 Å². The highest BCUT2D eigenvalue weighted by atomic mass is 28.4. The van der Waals surface area contributed by atoms with Gasteiger partial charge in [0.15, 0.2) is 8.32 Å². The summed E-state index contributed by atoms with van der Waals surface area (Å²) in [5, 5.41) is 10.8. The Bertz CT molecular complexity index is 339. The Hall–Kier alpha value is -0.123. The summed E-state index contributed by atoms with van der Waals surface area (Å²) in [6.45, 7) is 17.6. The second kappa shape index (κ2) is 5.34. The highest BCUT2D eigenvalue weighted by molar-refractivity contribution is 6.74. The average Bonchev–Trinajstić information content (AvgIpc) is 2.29. The quantitative estimate of drug-likeness (QED) is 0.603. The molecule has 0 amide bonds. The van der Waals surface area contributed by atoms with Gasteiger partial charge >= 0.3 is 0 Å². The molecular weight excluding hydrogens is 252 g/mol. The molecule has 2 nitrogen and oxygen atoms in total. The van der Waals surface area contributed by atoms with E-state index in [9.17, 15) is 5.11 Å². The monoisotopic (exact) mass is 284 g/mol. The van der Waals surface area contributed by atoms with E-state index >= 15 is 0 Å². The molecule has 4 atom stereocenters. The third-order valence-electron chi connectivity index (χ3n) is 5.20. The lowest BCUT2D eigenvalue weighted by atomic mass is 9.82. The molecule has 0 saturated heterocycles. The van der Waals surface area contributed by atoms with Gasteiger partial charge in [-0.3, -0.25) is 0 Å². The van der Waals surface area contributed by atoms with E-state index in [-0.39, 0.29) is 17.1 Å². The Balaban J connectivity index is 2.99. The van der Waals surface area contributed by atoms with Gasteiger partial charge in [0.1, 0.15) is 0 Å². The zero-order valence-electron chi connectivity index (χ0n) is 13.9. The van der Waals surface area contributed by atoms with Crippen LogP contribution in [-0.2, 0) is 4.43 Å². The molecular formula is C16H32O2Si. The van der Waals surface area contributed by atoms with Gasteiger partial charge in [-0.2, -0.15) is 0 Å². The minimum atomic E-state index is -1.81. The minimum absolute atomic E-state index is 0.106. The van der Waals surface area contributed by atoms with Crippen LogP contribution in [0, 0.1) is 11.8 Å². The van der Waals surface area contributed by atoms with Crippen molar-refractivity contribution in [2.75, 3.05) is 0 Å².